The number of nitrogens with zero attached hydrogens (tertiary/aromatic N) is 5. The summed E-state index contributed by atoms with van der Waals surface area (Å²) < 4.78 is 1.62. The Hall–Kier alpha value is -2.54. The topological polar surface area (TPSA) is 63.9 Å². The van der Waals surface area contributed by atoms with Gasteiger partial charge in [0.25, 0.3) is 11.9 Å². The van der Waals surface area contributed by atoms with E-state index in [4.69, 9.17) is 0 Å². The second-order valence-electron chi connectivity index (χ2n) is 5.25. The minimum absolute atomic E-state index is 0.0156. The van der Waals surface area contributed by atoms with Crippen LogP contribution in [0.3, 0.4) is 0 Å². The Morgan fingerprint density at radius 1 is 1.29 bits per heavy atom. The maximum Gasteiger partial charge on any atom is 0.257 e. The molecule has 0 aliphatic heterocycles. The van der Waals surface area contributed by atoms with Gasteiger partial charge in [0.15, 0.2) is 0 Å². The van der Waals surface area contributed by atoms with Crippen molar-refractivity contribution in [3.05, 3.63) is 47.2 Å². The maximum absolute atomic E-state index is 12.6. The molecule has 0 N–H and O–H groups in total. The summed E-state index contributed by atoms with van der Waals surface area (Å²) in [5.74, 6) is 0.454. The first-order valence-electron chi connectivity index (χ1n) is 7.86. The number of hydrogen-bond acceptors (Lipinski definition) is 5. The minimum atomic E-state index is -0.0156. The molecule has 0 aromatic carbocycles. The molecule has 3 rings (SSSR count). The molecule has 3 aromatic rings. The van der Waals surface area contributed by atoms with E-state index in [0.29, 0.717) is 24.6 Å². The van der Waals surface area contributed by atoms with Gasteiger partial charge in [0, 0.05) is 19.3 Å². The fourth-order valence-electron chi connectivity index (χ4n) is 2.51. The van der Waals surface area contributed by atoms with E-state index in [1.54, 1.807) is 33.3 Å². The second-order valence-corrected chi connectivity index (χ2v) is 6.20. The molecule has 3 aromatic heterocycles. The SMILES string of the molecule is CCN(CC)C(=O)c1cnn(-c2nccc(-c3cccs3)n2)c1C. The van der Waals surface area contributed by atoms with Gasteiger partial charge >= 0.3 is 0 Å². The van der Waals surface area contributed by atoms with Gasteiger partial charge in [0.2, 0.25) is 0 Å². The first-order valence-corrected chi connectivity index (χ1v) is 8.74. The number of amides is 1. The zero-order valence-corrected chi connectivity index (χ0v) is 14.7. The molecule has 0 fully saturated rings. The van der Waals surface area contributed by atoms with Crippen LogP contribution in [0.2, 0.25) is 0 Å². The lowest BCUT2D eigenvalue weighted by Crippen LogP contribution is -2.30. The third kappa shape index (κ3) is 2.94. The van der Waals surface area contributed by atoms with Crippen LogP contribution in [0.1, 0.15) is 29.9 Å². The fourth-order valence-corrected chi connectivity index (χ4v) is 3.21. The Kier molecular flexibility index (Phi) is 4.71. The van der Waals surface area contributed by atoms with E-state index < -0.39 is 0 Å². The summed E-state index contributed by atoms with van der Waals surface area (Å²) in [4.78, 5) is 24.3. The Bertz CT molecular complexity index is 837. The van der Waals surface area contributed by atoms with Gasteiger partial charge in [-0.05, 0) is 38.3 Å². The van der Waals surface area contributed by atoms with Crippen molar-refractivity contribution < 1.29 is 4.79 Å². The van der Waals surface area contributed by atoms with Crippen LogP contribution < -0.4 is 0 Å². The highest BCUT2D eigenvalue weighted by Gasteiger charge is 2.20. The number of aromatic nitrogens is 4. The molecule has 3 heterocycles. The van der Waals surface area contributed by atoms with Crippen molar-refractivity contribution in [2.45, 2.75) is 20.8 Å². The van der Waals surface area contributed by atoms with Crippen LogP contribution in [0.15, 0.2) is 36.0 Å². The molecule has 0 radical (unpaired) electrons. The molecule has 0 saturated carbocycles. The van der Waals surface area contributed by atoms with Gasteiger partial charge in [-0.15, -0.1) is 11.3 Å². The van der Waals surface area contributed by atoms with Gasteiger partial charge < -0.3 is 4.90 Å². The molecule has 0 spiro atoms. The molecule has 124 valence electrons. The summed E-state index contributed by atoms with van der Waals surface area (Å²) in [6.45, 7) is 7.14. The van der Waals surface area contributed by atoms with Gasteiger partial charge in [-0.25, -0.2) is 14.6 Å². The zero-order chi connectivity index (χ0) is 17.1. The van der Waals surface area contributed by atoms with Crippen molar-refractivity contribution >= 4 is 17.2 Å². The standard InChI is InChI=1S/C17H19N5OS/c1-4-21(5-2)16(23)13-11-19-22(12(13)3)17-18-9-8-14(20-17)15-7-6-10-24-15/h6-11H,4-5H2,1-3H3. The lowest BCUT2D eigenvalue weighted by Gasteiger charge is -2.18. The van der Waals surface area contributed by atoms with Gasteiger partial charge in [-0.1, -0.05) is 6.07 Å². The maximum atomic E-state index is 12.6. The lowest BCUT2D eigenvalue weighted by molar-refractivity contribution is 0.0772. The number of hydrogen-bond donors (Lipinski definition) is 0. The van der Waals surface area contributed by atoms with Crippen LogP contribution in [-0.2, 0) is 0 Å². The average Bonchev–Trinajstić information content (AvgIpc) is 3.26. The minimum Gasteiger partial charge on any atom is -0.339 e. The quantitative estimate of drug-likeness (QED) is 0.715. The van der Waals surface area contributed by atoms with Crippen LogP contribution in [0.5, 0.6) is 0 Å². The second kappa shape index (κ2) is 6.92. The van der Waals surface area contributed by atoms with E-state index in [2.05, 4.69) is 15.1 Å². The average molecular weight is 341 g/mol. The largest absolute Gasteiger partial charge is 0.339 e. The molecule has 0 atom stereocenters. The summed E-state index contributed by atoms with van der Waals surface area (Å²) in [5.41, 5.74) is 2.18. The summed E-state index contributed by atoms with van der Waals surface area (Å²) in [6, 6.07) is 5.87. The predicted molar refractivity (Wildman–Crippen MR) is 94.5 cm³/mol. The van der Waals surface area contributed by atoms with Gasteiger partial charge in [0.1, 0.15) is 0 Å². The van der Waals surface area contributed by atoms with E-state index in [1.807, 2.05) is 44.4 Å². The monoisotopic (exact) mass is 341 g/mol. The Morgan fingerprint density at radius 2 is 2.08 bits per heavy atom. The highest BCUT2D eigenvalue weighted by Crippen LogP contribution is 2.23. The fraction of sp³-hybridized carbons (Fsp3) is 0.294. The molecule has 0 aliphatic carbocycles. The van der Waals surface area contributed by atoms with Crippen LogP contribution >= 0.6 is 11.3 Å². The van der Waals surface area contributed by atoms with Crippen molar-refractivity contribution in [3.63, 3.8) is 0 Å². The number of carbonyl (C=O) groups excluding carboxylic acids is 1. The first kappa shape index (κ1) is 16.3. The van der Waals surface area contributed by atoms with E-state index in [-0.39, 0.29) is 5.91 Å². The Morgan fingerprint density at radius 3 is 2.75 bits per heavy atom. The normalized spacial score (nSPS) is 10.8. The van der Waals surface area contributed by atoms with Crippen molar-refractivity contribution in [1.82, 2.24) is 24.6 Å². The van der Waals surface area contributed by atoms with E-state index in [9.17, 15) is 4.79 Å². The van der Waals surface area contributed by atoms with Crippen LogP contribution in [-0.4, -0.2) is 43.6 Å². The summed E-state index contributed by atoms with van der Waals surface area (Å²) in [7, 11) is 0. The summed E-state index contributed by atoms with van der Waals surface area (Å²) in [6.07, 6.45) is 3.31. The molecule has 0 aliphatic rings. The molecule has 7 heteroatoms. The summed E-state index contributed by atoms with van der Waals surface area (Å²) in [5, 5.41) is 6.34. The van der Waals surface area contributed by atoms with Crippen molar-refractivity contribution in [2.24, 2.45) is 0 Å². The molecule has 0 saturated heterocycles. The smallest absolute Gasteiger partial charge is 0.257 e. The van der Waals surface area contributed by atoms with Crippen LogP contribution in [0, 0.1) is 6.92 Å². The zero-order valence-electron chi connectivity index (χ0n) is 13.9. The molecular weight excluding hydrogens is 322 g/mol. The Balaban J connectivity index is 1.97. The van der Waals surface area contributed by atoms with Gasteiger partial charge in [-0.3, -0.25) is 4.79 Å². The van der Waals surface area contributed by atoms with E-state index in [0.717, 1.165) is 16.3 Å². The van der Waals surface area contributed by atoms with Crippen LogP contribution in [0.25, 0.3) is 16.5 Å². The van der Waals surface area contributed by atoms with Crippen molar-refractivity contribution in [3.8, 4) is 16.5 Å². The highest BCUT2D eigenvalue weighted by atomic mass is 32.1. The summed E-state index contributed by atoms with van der Waals surface area (Å²) >= 11 is 1.62. The van der Waals surface area contributed by atoms with E-state index in [1.165, 1.54) is 0 Å². The molecule has 0 bridgehead atoms. The lowest BCUT2D eigenvalue weighted by atomic mass is 10.2. The first-order chi connectivity index (χ1) is 11.7. The predicted octanol–water partition coefficient (Wildman–Crippen LogP) is 3.18. The Labute approximate surface area is 144 Å². The molecular formula is C17H19N5OS. The third-order valence-corrected chi connectivity index (χ3v) is 4.79. The van der Waals surface area contributed by atoms with Gasteiger partial charge in [0.05, 0.1) is 28.0 Å². The number of thiophene rings is 1. The van der Waals surface area contributed by atoms with Crippen LogP contribution in [0.4, 0.5) is 0 Å². The molecule has 1 amide bonds. The third-order valence-electron chi connectivity index (χ3n) is 3.90. The molecule has 0 unspecified atom stereocenters. The van der Waals surface area contributed by atoms with Crippen molar-refractivity contribution in [2.75, 3.05) is 13.1 Å². The van der Waals surface area contributed by atoms with E-state index >= 15 is 0 Å². The molecule has 24 heavy (non-hydrogen) atoms. The number of rotatable bonds is 5. The molecule has 6 nitrogen and oxygen atoms in total. The highest BCUT2D eigenvalue weighted by molar-refractivity contribution is 7.13. The number of carbonyl (C=O) groups is 1. The van der Waals surface area contributed by atoms with Gasteiger partial charge in [-0.2, -0.15) is 5.10 Å². The van der Waals surface area contributed by atoms with Crippen molar-refractivity contribution in [1.29, 1.82) is 0 Å².